The Kier molecular flexibility index (Phi) is 8.83. The van der Waals surface area contributed by atoms with Crippen LogP contribution in [0.25, 0.3) is 0 Å². The van der Waals surface area contributed by atoms with Crippen LogP contribution in [0.4, 0.5) is 13.2 Å². The number of nitrogens with zero attached hydrogens (tertiary/aromatic N) is 1. The van der Waals surface area contributed by atoms with Gasteiger partial charge in [-0.15, -0.1) is 0 Å². The van der Waals surface area contributed by atoms with Crippen molar-refractivity contribution >= 4 is 28.6 Å². The van der Waals surface area contributed by atoms with Crippen molar-refractivity contribution in [1.82, 2.24) is 4.90 Å². The first-order valence-electron chi connectivity index (χ1n) is 11.4. The minimum Gasteiger partial charge on any atom is -0.481 e. The molecule has 1 N–H and O–H groups in total. The fourth-order valence-electron chi connectivity index (χ4n) is 4.78. The molecule has 2 aromatic carbocycles. The number of carboxylic acid groups (broad SMARTS) is 1. The third-order valence-corrected chi connectivity index (χ3v) is 7.23. The van der Waals surface area contributed by atoms with E-state index >= 15 is 0 Å². The second-order valence-electron chi connectivity index (χ2n) is 9.40. The Morgan fingerprint density at radius 3 is 2.27 bits per heavy atom. The molecule has 0 aliphatic carbocycles. The quantitative estimate of drug-likeness (QED) is 0.329. The van der Waals surface area contributed by atoms with Gasteiger partial charge < -0.3 is 5.11 Å². The molecule has 1 heterocycles. The summed E-state index contributed by atoms with van der Waals surface area (Å²) < 4.78 is 40.5. The summed E-state index contributed by atoms with van der Waals surface area (Å²) >= 11 is 2.26. The predicted molar refractivity (Wildman–Crippen MR) is 132 cm³/mol. The monoisotopic (exact) mass is 573 g/mol. The van der Waals surface area contributed by atoms with E-state index in [1.54, 1.807) is 12.1 Å². The van der Waals surface area contributed by atoms with E-state index in [0.29, 0.717) is 5.92 Å². The first-order chi connectivity index (χ1) is 15.5. The molecule has 0 radical (unpaired) electrons. The summed E-state index contributed by atoms with van der Waals surface area (Å²) in [5.74, 6) is -0.224. The number of piperidine rings is 1. The number of carboxylic acids is 1. The summed E-state index contributed by atoms with van der Waals surface area (Å²) in [5, 5.41) is 9.34. The van der Waals surface area contributed by atoms with Crippen LogP contribution >= 0.6 is 22.6 Å². The van der Waals surface area contributed by atoms with Gasteiger partial charge in [0.1, 0.15) is 0 Å². The Balaban J connectivity index is 1.96. The van der Waals surface area contributed by atoms with Gasteiger partial charge in [-0.2, -0.15) is 13.2 Å². The third-order valence-electron chi connectivity index (χ3n) is 6.51. The molecule has 3 atom stereocenters. The molecular formula is C26H31F3INO2. The molecule has 0 saturated carbocycles. The van der Waals surface area contributed by atoms with Gasteiger partial charge in [-0.3, -0.25) is 9.69 Å². The Morgan fingerprint density at radius 2 is 1.73 bits per heavy atom. The highest BCUT2D eigenvalue weighted by Crippen LogP contribution is 2.43. The average Bonchev–Trinajstić information content (AvgIpc) is 2.74. The summed E-state index contributed by atoms with van der Waals surface area (Å²) in [6, 6.07) is 13.9. The van der Waals surface area contributed by atoms with Crippen LogP contribution in [0.1, 0.15) is 74.7 Å². The van der Waals surface area contributed by atoms with E-state index in [-0.39, 0.29) is 24.4 Å². The van der Waals surface area contributed by atoms with Crippen molar-refractivity contribution in [2.75, 3.05) is 6.54 Å². The maximum Gasteiger partial charge on any atom is 0.416 e. The van der Waals surface area contributed by atoms with Crippen LogP contribution in [-0.2, 0) is 11.0 Å². The highest BCUT2D eigenvalue weighted by molar-refractivity contribution is 14.1. The fraction of sp³-hybridized carbons (Fsp3) is 0.500. The van der Waals surface area contributed by atoms with Gasteiger partial charge in [0.2, 0.25) is 0 Å². The first kappa shape index (κ1) is 26.0. The van der Waals surface area contributed by atoms with Crippen molar-refractivity contribution in [2.45, 2.75) is 64.2 Å². The predicted octanol–water partition coefficient (Wildman–Crippen LogP) is 7.72. The van der Waals surface area contributed by atoms with Gasteiger partial charge in [-0.1, -0.05) is 38.1 Å². The van der Waals surface area contributed by atoms with E-state index in [4.69, 9.17) is 0 Å². The van der Waals surface area contributed by atoms with Crippen LogP contribution in [-0.4, -0.2) is 22.5 Å². The lowest BCUT2D eigenvalue weighted by Crippen LogP contribution is -2.40. The Hall–Kier alpha value is -1.61. The lowest BCUT2D eigenvalue weighted by molar-refractivity contribution is -0.139. The molecule has 180 valence electrons. The highest BCUT2D eigenvalue weighted by Gasteiger charge is 2.36. The van der Waals surface area contributed by atoms with Crippen LogP contribution in [0.3, 0.4) is 0 Å². The standard InChI is InChI=1S/C26H31F3INO2/c1-17(2)3-12-23(19-4-8-21(9-5-19)26(27,28)29)31-14-13-18(16-25(32)33)15-24(31)20-6-10-22(30)11-7-20/h4-11,17-18,23-24H,3,12-16H2,1-2H3,(H,32,33)/t18?,23-,24+/m1/s1. The molecule has 0 spiro atoms. The number of hydrogen-bond donors (Lipinski definition) is 1. The van der Waals surface area contributed by atoms with Crippen molar-refractivity contribution in [1.29, 1.82) is 0 Å². The molecule has 1 fully saturated rings. The van der Waals surface area contributed by atoms with Gasteiger partial charge in [-0.05, 0) is 102 Å². The van der Waals surface area contributed by atoms with Gasteiger partial charge in [0, 0.05) is 22.1 Å². The van der Waals surface area contributed by atoms with Crippen LogP contribution in [0, 0.1) is 15.4 Å². The second kappa shape index (κ2) is 11.2. The second-order valence-corrected chi connectivity index (χ2v) is 10.6. The van der Waals surface area contributed by atoms with Gasteiger partial charge in [-0.25, -0.2) is 0 Å². The number of likely N-dealkylation sites (tertiary alicyclic amines) is 1. The minimum absolute atomic E-state index is 0.0234. The summed E-state index contributed by atoms with van der Waals surface area (Å²) in [6.07, 6.45) is -0.915. The molecule has 2 aromatic rings. The molecule has 7 heteroatoms. The largest absolute Gasteiger partial charge is 0.481 e. The highest BCUT2D eigenvalue weighted by atomic mass is 127. The van der Waals surface area contributed by atoms with Crippen molar-refractivity contribution in [3.63, 3.8) is 0 Å². The average molecular weight is 573 g/mol. The van der Waals surface area contributed by atoms with E-state index in [0.717, 1.165) is 46.9 Å². The molecule has 0 amide bonds. The number of alkyl halides is 3. The molecular weight excluding hydrogens is 542 g/mol. The van der Waals surface area contributed by atoms with E-state index in [9.17, 15) is 23.1 Å². The maximum atomic E-state index is 13.1. The number of rotatable bonds is 8. The summed E-state index contributed by atoms with van der Waals surface area (Å²) in [7, 11) is 0. The number of aliphatic carboxylic acids is 1. The Morgan fingerprint density at radius 1 is 1.09 bits per heavy atom. The maximum absolute atomic E-state index is 13.1. The van der Waals surface area contributed by atoms with E-state index in [1.165, 1.54) is 12.1 Å². The zero-order chi connectivity index (χ0) is 24.2. The van der Waals surface area contributed by atoms with Gasteiger partial charge in [0.15, 0.2) is 0 Å². The molecule has 33 heavy (non-hydrogen) atoms. The third kappa shape index (κ3) is 7.18. The van der Waals surface area contributed by atoms with E-state index < -0.39 is 17.7 Å². The summed E-state index contributed by atoms with van der Waals surface area (Å²) in [5.41, 5.74) is 1.38. The molecule has 1 aliphatic heterocycles. The SMILES string of the molecule is CC(C)CC[C@H](c1ccc(C(F)(F)F)cc1)N1CCC(CC(=O)O)C[C@H]1c1ccc(I)cc1. The summed E-state index contributed by atoms with van der Waals surface area (Å²) in [6.45, 7) is 5.03. The number of hydrogen-bond acceptors (Lipinski definition) is 2. The molecule has 0 aromatic heterocycles. The lowest BCUT2D eigenvalue weighted by Gasteiger charge is -2.44. The molecule has 1 saturated heterocycles. The Bertz CT molecular complexity index is 913. The number of halogens is 4. The van der Waals surface area contributed by atoms with Crippen molar-refractivity contribution in [3.8, 4) is 0 Å². The van der Waals surface area contributed by atoms with Gasteiger partial charge >= 0.3 is 12.1 Å². The van der Waals surface area contributed by atoms with Crippen molar-refractivity contribution in [3.05, 3.63) is 68.8 Å². The van der Waals surface area contributed by atoms with Crippen molar-refractivity contribution < 1.29 is 23.1 Å². The van der Waals surface area contributed by atoms with Gasteiger partial charge in [0.25, 0.3) is 0 Å². The molecule has 3 nitrogen and oxygen atoms in total. The molecule has 3 rings (SSSR count). The van der Waals surface area contributed by atoms with Crippen molar-refractivity contribution in [2.24, 2.45) is 11.8 Å². The first-order valence-corrected chi connectivity index (χ1v) is 12.5. The Labute approximate surface area is 207 Å². The van der Waals surface area contributed by atoms with Crippen LogP contribution in [0.2, 0.25) is 0 Å². The fourth-order valence-corrected chi connectivity index (χ4v) is 5.14. The smallest absolute Gasteiger partial charge is 0.416 e. The van der Waals surface area contributed by atoms with E-state index in [2.05, 4.69) is 65.6 Å². The normalized spacial score (nSPS) is 20.7. The lowest BCUT2D eigenvalue weighted by atomic mass is 9.82. The minimum atomic E-state index is -4.36. The number of carbonyl (C=O) groups is 1. The number of benzene rings is 2. The van der Waals surface area contributed by atoms with Gasteiger partial charge in [0.05, 0.1) is 5.56 Å². The summed E-state index contributed by atoms with van der Waals surface area (Å²) in [4.78, 5) is 13.8. The molecule has 1 unspecified atom stereocenters. The zero-order valence-electron chi connectivity index (χ0n) is 19.0. The zero-order valence-corrected chi connectivity index (χ0v) is 21.1. The molecule has 0 bridgehead atoms. The molecule has 1 aliphatic rings. The topological polar surface area (TPSA) is 40.5 Å². The van der Waals surface area contributed by atoms with E-state index in [1.807, 2.05) is 0 Å². The van der Waals surface area contributed by atoms with Crippen LogP contribution in [0.15, 0.2) is 48.5 Å². The van der Waals surface area contributed by atoms with Crippen LogP contribution < -0.4 is 0 Å². The van der Waals surface area contributed by atoms with Crippen LogP contribution in [0.5, 0.6) is 0 Å².